The van der Waals surface area contributed by atoms with Gasteiger partial charge in [0.15, 0.2) is 0 Å². The summed E-state index contributed by atoms with van der Waals surface area (Å²) in [7, 11) is -3.89. The fraction of sp³-hybridized carbons (Fsp3) is 1.00. The average molecular weight is 435 g/mol. The Morgan fingerprint density at radius 3 is 1.21 bits per heavy atom. The van der Waals surface area contributed by atoms with Crippen molar-refractivity contribution in [3.05, 3.63) is 0 Å². The normalized spacial score (nSPS) is 14.2. The smallest absolute Gasteiger partial charge is 0.248 e. The molecule has 2 unspecified atom stereocenters. The van der Waals surface area contributed by atoms with Crippen LogP contribution in [0.4, 0.5) is 0 Å². The quantitative estimate of drug-likeness (QED) is 0.163. The largest absolute Gasteiger partial charge is 0.399 e. The first-order valence-corrected chi connectivity index (χ1v) is 13.9. The van der Waals surface area contributed by atoms with Gasteiger partial charge in [-0.3, -0.25) is 0 Å². The van der Waals surface area contributed by atoms with Gasteiger partial charge in [-0.1, -0.05) is 105 Å². The van der Waals surface area contributed by atoms with Crippen molar-refractivity contribution < 1.29 is 16.8 Å². The highest BCUT2D eigenvalue weighted by Gasteiger charge is 2.19. The lowest BCUT2D eigenvalue weighted by molar-refractivity contribution is 0.155. The molecule has 0 fully saturated rings. The average Bonchev–Trinajstić information content (AvgIpc) is 2.71. The molecule has 0 aromatic rings. The summed E-state index contributed by atoms with van der Waals surface area (Å²) in [5.41, 5.74) is 0. The summed E-state index contributed by atoms with van der Waals surface area (Å²) in [6.07, 6.45) is 18.4. The van der Waals surface area contributed by atoms with E-state index in [1.165, 1.54) is 38.5 Å². The minimum atomic E-state index is -3.89. The maximum Gasteiger partial charge on any atom is 0.399 e. The molecule has 0 aromatic heterocycles. The monoisotopic (exact) mass is 434 g/mol. The predicted octanol–water partition coefficient (Wildman–Crippen LogP) is 7.82. The van der Waals surface area contributed by atoms with E-state index in [1.54, 1.807) is 0 Å². The Bertz CT molecular complexity index is 402. The van der Waals surface area contributed by atoms with Crippen molar-refractivity contribution in [2.45, 2.75) is 130 Å². The Hall–Kier alpha value is -0.130. The molecule has 176 valence electrons. The van der Waals surface area contributed by atoms with Crippen molar-refractivity contribution in [1.82, 2.24) is 0 Å². The Morgan fingerprint density at radius 2 is 0.862 bits per heavy atom. The molecule has 0 aliphatic heterocycles. The first-order chi connectivity index (χ1) is 14.0. The van der Waals surface area contributed by atoms with Crippen molar-refractivity contribution in [3.63, 3.8) is 0 Å². The number of unbranched alkanes of at least 4 members (excludes halogenated alkanes) is 8. The molecule has 2 atom stereocenters. The Kier molecular flexibility index (Phi) is 19.7. The highest BCUT2D eigenvalue weighted by atomic mass is 32.3. The van der Waals surface area contributed by atoms with E-state index in [-0.39, 0.29) is 13.2 Å². The molecule has 0 saturated carbocycles. The van der Waals surface area contributed by atoms with Crippen LogP contribution in [0.2, 0.25) is 0 Å². The van der Waals surface area contributed by atoms with E-state index in [0.717, 1.165) is 64.2 Å². The van der Waals surface area contributed by atoms with Crippen LogP contribution in [0.25, 0.3) is 0 Å². The molecular weight excluding hydrogens is 384 g/mol. The maximum absolute atomic E-state index is 12.3. The van der Waals surface area contributed by atoms with E-state index in [2.05, 4.69) is 27.7 Å². The van der Waals surface area contributed by atoms with Crippen LogP contribution < -0.4 is 0 Å². The van der Waals surface area contributed by atoms with Crippen molar-refractivity contribution in [2.75, 3.05) is 13.2 Å². The predicted molar refractivity (Wildman–Crippen MR) is 124 cm³/mol. The number of hydrogen-bond donors (Lipinski definition) is 0. The van der Waals surface area contributed by atoms with Crippen LogP contribution in [0.5, 0.6) is 0 Å². The third kappa shape index (κ3) is 18.4. The Morgan fingerprint density at radius 1 is 0.517 bits per heavy atom. The van der Waals surface area contributed by atoms with Crippen molar-refractivity contribution in [3.8, 4) is 0 Å². The van der Waals surface area contributed by atoms with E-state index in [4.69, 9.17) is 8.37 Å². The molecule has 0 rings (SSSR count). The van der Waals surface area contributed by atoms with E-state index < -0.39 is 10.4 Å². The summed E-state index contributed by atoms with van der Waals surface area (Å²) in [6, 6.07) is 0. The standard InChI is InChI=1S/C24H50O4S/c1-5-9-13-15-19-23(17-11-7-3)21-27-29(25,26)28-22-24(18-12-8-4)20-16-14-10-6-2/h23-24H,5-22H2,1-4H3. The van der Waals surface area contributed by atoms with Gasteiger partial charge in [-0.05, 0) is 37.5 Å². The highest BCUT2D eigenvalue weighted by Crippen LogP contribution is 2.21. The van der Waals surface area contributed by atoms with Crippen LogP contribution in [-0.4, -0.2) is 21.6 Å². The molecule has 5 heteroatoms. The molecule has 0 heterocycles. The second kappa shape index (κ2) is 19.8. The van der Waals surface area contributed by atoms with Crippen molar-refractivity contribution in [2.24, 2.45) is 11.8 Å². The van der Waals surface area contributed by atoms with Crippen LogP contribution in [0.1, 0.15) is 130 Å². The fourth-order valence-corrected chi connectivity index (χ4v) is 4.51. The minimum Gasteiger partial charge on any atom is -0.248 e. The van der Waals surface area contributed by atoms with Crippen molar-refractivity contribution in [1.29, 1.82) is 0 Å². The zero-order valence-corrected chi connectivity index (χ0v) is 20.7. The second-order valence-corrected chi connectivity index (χ2v) is 9.98. The molecule has 0 spiro atoms. The van der Waals surface area contributed by atoms with Gasteiger partial charge in [0.25, 0.3) is 0 Å². The molecule has 0 saturated heterocycles. The SMILES string of the molecule is CCCCCCC(CCCC)COS(=O)(=O)OCC(CCCC)CCCCCC. The lowest BCUT2D eigenvalue weighted by Gasteiger charge is -2.19. The summed E-state index contributed by atoms with van der Waals surface area (Å²) >= 11 is 0. The van der Waals surface area contributed by atoms with Crippen LogP contribution in [0.15, 0.2) is 0 Å². The summed E-state index contributed by atoms with van der Waals surface area (Å²) in [5.74, 6) is 0.630. The van der Waals surface area contributed by atoms with Crippen LogP contribution in [0.3, 0.4) is 0 Å². The van der Waals surface area contributed by atoms with E-state index in [1.807, 2.05) is 0 Å². The van der Waals surface area contributed by atoms with Crippen LogP contribution in [-0.2, 0) is 18.8 Å². The highest BCUT2D eigenvalue weighted by molar-refractivity contribution is 7.81. The lowest BCUT2D eigenvalue weighted by Crippen LogP contribution is -2.20. The molecule has 29 heavy (non-hydrogen) atoms. The molecule has 0 N–H and O–H groups in total. The fourth-order valence-electron chi connectivity index (χ4n) is 3.72. The molecule has 0 aliphatic carbocycles. The van der Waals surface area contributed by atoms with E-state index in [0.29, 0.717) is 11.8 Å². The summed E-state index contributed by atoms with van der Waals surface area (Å²) in [6.45, 7) is 9.30. The number of hydrogen-bond acceptors (Lipinski definition) is 4. The third-order valence-corrected chi connectivity index (χ3v) is 6.61. The zero-order chi connectivity index (χ0) is 21.8. The van der Waals surface area contributed by atoms with Gasteiger partial charge >= 0.3 is 10.4 Å². The van der Waals surface area contributed by atoms with Gasteiger partial charge < -0.3 is 0 Å². The summed E-state index contributed by atoms with van der Waals surface area (Å²) in [4.78, 5) is 0. The molecule has 0 bridgehead atoms. The van der Waals surface area contributed by atoms with Gasteiger partial charge in [0.2, 0.25) is 0 Å². The van der Waals surface area contributed by atoms with Gasteiger partial charge in [0, 0.05) is 0 Å². The maximum atomic E-state index is 12.3. The summed E-state index contributed by atoms with van der Waals surface area (Å²) < 4.78 is 35.2. The van der Waals surface area contributed by atoms with Gasteiger partial charge in [0.1, 0.15) is 0 Å². The third-order valence-electron chi connectivity index (χ3n) is 5.76. The molecule has 0 aromatic carbocycles. The van der Waals surface area contributed by atoms with Gasteiger partial charge in [0.05, 0.1) is 13.2 Å². The first kappa shape index (κ1) is 28.9. The Labute approximate surface area is 182 Å². The topological polar surface area (TPSA) is 52.6 Å². The van der Waals surface area contributed by atoms with Crippen LogP contribution in [0, 0.1) is 11.8 Å². The molecule has 0 radical (unpaired) electrons. The molecular formula is C24H50O4S. The van der Waals surface area contributed by atoms with Gasteiger partial charge in [-0.25, -0.2) is 8.37 Å². The zero-order valence-electron chi connectivity index (χ0n) is 19.9. The summed E-state index contributed by atoms with van der Waals surface area (Å²) in [5, 5.41) is 0. The van der Waals surface area contributed by atoms with Crippen LogP contribution >= 0.6 is 0 Å². The minimum absolute atomic E-state index is 0.268. The second-order valence-electron chi connectivity index (χ2n) is 8.69. The van der Waals surface area contributed by atoms with Gasteiger partial charge in [-0.15, -0.1) is 0 Å². The Balaban J connectivity index is 4.41. The number of rotatable bonds is 22. The molecule has 0 amide bonds. The molecule has 4 nitrogen and oxygen atoms in total. The first-order valence-electron chi connectivity index (χ1n) is 12.5. The van der Waals surface area contributed by atoms with Gasteiger partial charge in [-0.2, -0.15) is 8.42 Å². The van der Waals surface area contributed by atoms with E-state index in [9.17, 15) is 8.42 Å². The van der Waals surface area contributed by atoms with Crippen molar-refractivity contribution >= 4 is 10.4 Å². The lowest BCUT2D eigenvalue weighted by atomic mass is 9.96. The van der Waals surface area contributed by atoms with E-state index >= 15 is 0 Å². The molecule has 0 aliphatic rings.